The van der Waals surface area contributed by atoms with Crippen molar-refractivity contribution >= 4 is 17.5 Å². The Kier molecular flexibility index (Phi) is 5.14. The van der Waals surface area contributed by atoms with Crippen LogP contribution >= 0.6 is 11.8 Å². The lowest BCUT2D eigenvalue weighted by Crippen LogP contribution is -2.07. The standard InChI is InChI=1S/C18H18N4O2S/c1-12-8-9-13(2)14(10-12)16(23)11-25-18-19-20-21-22(18)15-6-4-5-7-17(15)24-3/h4-10H,11H2,1-3H3. The number of carbonyl (C=O) groups excluding carboxylic acids is 1. The number of hydrogen-bond acceptors (Lipinski definition) is 6. The number of para-hydroxylation sites is 2. The second kappa shape index (κ2) is 7.48. The lowest BCUT2D eigenvalue weighted by Gasteiger charge is -2.09. The predicted molar refractivity (Wildman–Crippen MR) is 96.7 cm³/mol. The molecule has 2 aromatic carbocycles. The summed E-state index contributed by atoms with van der Waals surface area (Å²) in [6.07, 6.45) is 0. The highest BCUT2D eigenvalue weighted by atomic mass is 32.2. The number of thioether (sulfide) groups is 1. The molecule has 0 spiro atoms. The van der Waals surface area contributed by atoms with E-state index in [2.05, 4.69) is 15.5 Å². The van der Waals surface area contributed by atoms with E-state index in [9.17, 15) is 4.79 Å². The summed E-state index contributed by atoms with van der Waals surface area (Å²) in [6, 6.07) is 13.4. The quantitative estimate of drug-likeness (QED) is 0.500. The molecule has 0 atom stereocenters. The fraction of sp³-hybridized carbons (Fsp3) is 0.222. The van der Waals surface area contributed by atoms with Crippen LogP contribution in [0.15, 0.2) is 47.6 Å². The van der Waals surface area contributed by atoms with Crippen LogP contribution in [0.2, 0.25) is 0 Å². The monoisotopic (exact) mass is 354 g/mol. The van der Waals surface area contributed by atoms with Crippen molar-refractivity contribution in [2.45, 2.75) is 19.0 Å². The highest BCUT2D eigenvalue weighted by Gasteiger charge is 2.16. The molecule has 0 saturated heterocycles. The molecule has 6 nitrogen and oxygen atoms in total. The largest absolute Gasteiger partial charge is 0.494 e. The number of benzene rings is 2. The topological polar surface area (TPSA) is 69.9 Å². The van der Waals surface area contributed by atoms with Crippen LogP contribution < -0.4 is 4.74 Å². The molecule has 1 aromatic heterocycles. The molecule has 0 amide bonds. The van der Waals surface area contributed by atoms with Crippen molar-refractivity contribution in [1.82, 2.24) is 20.2 Å². The first-order valence-electron chi connectivity index (χ1n) is 7.75. The molecule has 25 heavy (non-hydrogen) atoms. The van der Waals surface area contributed by atoms with Crippen molar-refractivity contribution in [2.75, 3.05) is 12.9 Å². The van der Waals surface area contributed by atoms with Crippen molar-refractivity contribution in [3.63, 3.8) is 0 Å². The summed E-state index contributed by atoms with van der Waals surface area (Å²) < 4.78 is 6.94. The Balaban J connectivity index is 1.80. The molecule has 0 aliphatic rings. The minimum atomic E-state index is 0.0563. The average Bonchev–Trinajstić information content (AvgIpc) is 3.10. The van der Waals surface area contributed by atoms with Crippen LogP contribution in [0.25, 0.3) is 5.69 Å². The molecule has 0 aliphatic carbocycles. The van der Waals surface area contributed by atoms with Gasteiger partial charge >= 0.3 is 0 Å². The zero-order chi connectivity index (χ0) is 17.8. The minimum Gasteiger partial charge on any atom is -0.494 e. The van der Waals surface area contributed by atoms with Gasteiger partial charge in [-0.3, -0.25) is 4.79 Å². The van der Waals surface area contributed by atoms with Crippen LogP contribution in [0, 0.1) is 13.8 Å². The Morgan fingerprint density at radius 2 is 2.00 bits per heavy atom. The highest BCUT2D eigenvalue weighted by Crippen LogP contribution is 2.26. The maximum absolute atomic E-state index is 12.6. The first kappa shape index (κ1) is 17.2. The van der Waals surface area contributed by atoms with E-state index in [0.717, 1.165) is 22.4 Å². The Morgan fingerprint density at radius 3 is 2.80 bits per heavy atom. The van der Waals surface area contributed by atoms with Crippen molar-refractivity contribution in [3.05, 3.63) is 59.2 Å². The Hall–Kier alpha value is -2.67. The van der Waals surface area contributed by atoms with Gasteiger partial charge in [-0.15, -0.1) is 5.10 Å². The second-order valence-electron chi connectivity index (χ2n) is 5.58. The molecule has 0 N–H and O–H groups in total. The van der Waals surface area contributed by atoms with Gasteiger partial charge in [0.25, 0.3) is 0 Å². The van der Waals surface area contributed by atoms with E-state index in [4.69, 9.17) is 4.74 Å². The van der Waals surface area contributed by atoms with Crippen LogP contribution in [0.3, 0.4) is 0 Å². The first-order valence-corrected chi connectivity index (χ1v) is 8.73. The summed E-state index contributed by atoms with van der Waals surface area (Å²) in [5, 5.41) is 12.3. The summed E-state index contributed by atoms with van der Waals surface area (Å²) in [4.78, 5) is 12.6. The smallest absolute Gasteiger partial charge is 0.214 e. The number of tetrazole rings is 1. The zero-order valence-corrected chi connectivity index (χ0v) is 15.1. The SMILES string of the molecule is COc1ccccc1-n1nnnc1SCC(=O)c1cc(C)ccc1C. The summed E-state index contributed by atoms with van der Waals surface area (Å²) >= 11 is 1.31. The molecule has 1 heterocycles. The highest BCUT2D eigenvalue weighted by molar-refractivity contribution is 7.99. The Bertz CT molecular complexity index is 908. The second-order valence-corrected chi connectivity index (χ2v) is 6.52. The summed E-state index contributed by atoms with van der Waals surface area (Å²) in [5.74, 6) is 0.984. The lowest BCUT2D eigenvalue weighted by atomic mass is 10.0. The number of carbonyl (C=O) groups is 1. The number of rotatable bonds is 6. The number of Topliss-reactive ketones (excluding diaryl/α,β-unsaturated/α-hetero) is 1. The van der Waals surface area contributed by atoms with Crippen molar-refractivity contribution in [1.29, 1.82) is 0 Å². The third-order valence-electron chi connectivity index (χ3n) is 3.78. The number of nitrogens with zero attached hydrogens (tertiary/aromatic N) is 4. The number of hydrogen-bond donors (Lipinski definition) is 0. The fourth-order valence-electron chi connectivity index (χ4n) is 2.47. The van der Waals surface area contributed by atoms with Crippen LogP contribution in [0.5, 0.6) is 5.75 Å². The molecule has 3 rings (SSSR count). The molecule has 0 radical (unpaired) electrons. The molecule has 0 unspecified atom stereocenters. The maximum Gasteiger partial charge on any atom is 0.214 e. The third-order valence-corrected chi connectivity index (χ3v) is 4.70. The molecule has 0 bridgehead atoms. The zero-order valence-electron chi connectivity index (χ0n) is 14.3. The van der Waals surface area contributed by atoms with Gasteiger partial charge in [0.2, 0.25) is 5.16 Å². The van der Waals surface area contributed by atoms with Crippen LogP contribution in [0.4, 0.5) is 0 Å². The number of ketones is 1. The number of aromatic nitrogens is 4. The molecule has 0 fully saturated rings. The number of ether oxygens (including phenoxy) is 1. The van der Waals surface area contributed by atoms with Crippen molar-refractivity contribution in [2.24, 2.45) is 0 Å². The maximum atomic E-state index is 12.6. The Morgan fingerprint density at radius 1 is 1.20 bits per heavy atom. The van der Waals surface area contributed by atoms with Gasteiger partial charge in [0.1, 0.15) is 11.4 Å². The molecule has 0 saturated carbocycles. The van der Waals surface area contributed by atoms with Gasteiger partial charge < -0.3 is 4.74 Å². The van der Waals surface area contributed by atoms with Gasteiger partial charge in [-0.2, -0.15) is 4.68 Å². The van der Waals surface area contributed by atoms with Crippen molar-refractivity contribution < 1.29 is 9.53 Å². The Labute approximate surface area is 150 Å². The predicted octanol–water partition coefficient (Wildman–Crippen LogP) is 3.26. The molecule has 0 aliphatic heterocycles. The fourth-order valence-corrected chi connectivity index (χ4v) is 3.24. The van der Waals surface area contributed by atoms with Gasteiger partial charge in [0.05, 0.1) is 12.9 Å². The van der Waals surface area contributed by atoms with Gasteiger partial charge in [-0.05, 0) is 48.0 Å². The van der Waals surface area contributed by atoms with E-state index < -0.39 is 0 Å². The van der Waals surface area contributed by atoms with E-state index >= 15 is 0 Å². The summed E-state index contributed by atoms with van der Waals surface area (Å²) in [5.41, 5.74) is 3.51. The van der Waals surface area contributed by atoms with Crippen LogP contribution in [-0.2, 0) is 0 Å². The molecule has 3 aromatic rings. The average molecular weight is 354 g/mol. The molecule has 128 valence electrons. The van der Waals surface area contributed by atoms with Crippen LogP contribution in [-0.4, -0.2) is 38.9 Å². The third kappa shape index (κ3) is 3.71. The van der Waals surface area contributed by atoms with Crippen molar-refractivity contribution in [3.8, 4) is 11.4 Å². The molecular weight excluding hydrogens is 336 g/mol. The summed E-state index contributed by atoms with van der Waals surface area (Å²) in [6.45, 7) is 3.92. The number of aryl methyl sites for hydroxylation is 2. The van der Waals surface area contributed by atoms with E-state index in [1.807, 2.05) is 56.3 Å². The van der Waals surface area contributed by atoms with Gasteiger partial charge in [0.15, 0.2) is 5.78 Å². The first-order chi connectivity index (χ1) is 12.1. The van der Waals surface area contributed by atoms with E-state index in [1.165, 1.54) is 11.8 Å². The van der Waals surface area contributed by atoms with Crippen LogP contribution in [0.1, 0.15) is 21.5 Å². The summed E-state index contributed by atoms with van der Waals surface area (Å²) in [7, 11) is 1.60. The normalized spacial score (nSPS) is 10.7. The van der Waals surface area contributed by atoms with E-state index in [-0.39, 0.29) is 11.5 Å². The van der Waals surface area contributed by atoms with Gasteiger partial charge in [-0.1, -0.05) is 41.6 Å². The van der Waals surface area contributed by atoms with Gasteiger partial charge in [-0.25, -0.2) is 0 Å². The molecular formula is C18H18N4O2S. The minimum absolute atomic E-state index is 0.0563. The van der Waals surface area contributed by atoms with E-state index in [1.54, 1.807) is 11.8 Å². The lowest BCUT2D eigenvalue weighted by molar-refractivity contribution is 0.102. The van der Waals surface area contributed by atoms with E-state index in [0.29, 0.717) is 10.9 Å². The number of methoxy groups -OCH3 is 1. The molecule has 7 heteroatoms. The van der Waals surface area contributed by atoms with Gasteiger partial charge in [0, 0.05) is 5.56 Å².